The lowest BCUT2D eigenvalue weighted by Crippen LogP contribution is -2.67. The van der Waals surface area contributed by atoms with Gasteiger partial charge in [0, 0.05) is 6.61 Å². The first-order valence-electron chi connectivity index (χ1n) is 19.6. The summed E-state index contributed by atoms with van der Waals surface area (Å²) in [5.74, 6) is -0.441. The Balaban J connectivity index is 1.52. The first kappa shape index (κ1) is 42.3. The Morgan fingerprint density at radius 2 is 1.27 bits per heavy atom. The number of nitrogens with zero attached hydrogens (tertiary/aromatic N) is 1. The Hall–Kier alpha value is -3.08. The maximum Gasteiger partial charge on any atom is 0.261 e. The molecule has 0 saturated heterocycles. The molecule has 0 heterocycles. The minimum atomic E-state index is -2.78. The average molecular weight is 714 g/mol. The van der Waals surface area contributed by atoms with Gasteiger partial charge in [-0.1, -0.05) is 158 Å². The molecule has 3 aromatic rings. The second-order valence-electron chi connectivity index (χ2n) is 14.9. The Morgan fingerprint density at radius 1 is 0.725 bits per heavy atom. The van der Waals surface area contributed by atoms with E-state index in [2.05, 4.69) is 88.4 Å². The van der Waals surface area contributed by atoms with Gasteiger partial charge >= 0.3 is 0 Å². The predicted molar refractivity (Wildman–Crippen MR) is 214 cm³/mol. The van der Waals surface area contributed by atoms with E-state index in [1.807, 2.05) is 18.2 Å². The molecule has 0 aliphatic rings. The molecular formula is C45H64FNO3Si. The molecular weight excluding hydrogens is 650 g/mol. The highest BCUT2D eigenvalue weighted by molar-refractivity contribution is 6.99. The van der Waals surface area contributed by atoms with Crippen molar-refractivity contribution in [2.24, 2.45) is 0 Å². The number of allylic oxidation sites excluding steroid dienone is 2. The van der Waals surface area contributed by atoms with Crippen LogP contribution in [0.4, 0.5) is 4.39 Å². The van der Waals surface area contributed by atoms with E-state index in [1.165, 1.54) is 99.6 Å². The number of nitriles is 1. The van der Waals surface area contributed by atoms with E-state index in [0.29, 0.717) is 25.4 Å². The van der Waals surface area contributed by atoms with Gasteiger partial charge < -0.3 is 13.9 Å². The predicted octanol–water partition coefficient (Wildman–Crippen LogP) is 11.2. The van der Waals surface area contributed by atoms with Crippen molar-refractivity contribution in [1.82, 2.24) is 0 Å². The number of hydrogen-bond donors (Lipinski definition) is 0. The highest BCUT2D eigenvalue weighted by Crippen LogP contribution is 2.37. The second kappa shape index (κ2) is 24.2. The summed E-state index contributed by atoms with van der Waals surface area (Å²) < 4.78 is 34.0. The fourth-order valence-electron chi connectivity index (χ4n) is 6.80. The fourth-order valence-corrected chi connectivity index (χ4v) is 11.4. The summed E-state index contributed by atoms with van der Waals surface area (Å²) in [6.07, 6.45) is 22.2. The van der Waals surface area contributed by atoms with Gasteiger partial charge in [-0.2, -0.15) is 5.26 Å². The lowest BCUT2D eigenvalue weighted by atomic mass is 10.1. The third-order valence-corrected chi connectivity index (χ3v) is 14.6. The molecule has 0 amide bonds. The second-order valence-corrected chi connectivity index (χ2v) is 19.2. The van der Waals surface area contributed by atoms with Crippen molar-refractivity contribution >= 4 is 18.7 Å². The quantitative estimate of drug-likeness (QED) is 0.0472. The smallest absolute Gasteiger partial charge is 0.261 e. The van der Waals surface area contributed by atoms with Crippen molar-refractivity contribution in [2.45, 2.75) is 135 Å². The number of ether oxygens (including phenoxy) is 2. The summed E-state index contributed by atoms with van der Waals surface area (Å²) in [5, 5.41) is 11.6. The first-order valence-corrected chi connectivity index (χ1v) is 21.5. The van der Waals surface area contributed by atoms with E-state index >= 15 is 0 Å². The van der Waals surface area contributed by atoms with E-state index in [0.717, 1.165) is 12.8 Å². The Kier molecular flexibility index (Phi) is 20.1. The number of hydrogen-bond acceptors (Lipinski definition) is 4. The van der Waals surface area contributed by atoms with E-state index in [9.17, 15) is 9.65 Å². The van der Waals surface area contributed by atoms with Crippen LogP contribution < -0.4 is 10.4 Å². The molecule has 4 nitrogen and oxygen atoms in total. The van der Waals surface area contributed by atoms with Gasteiger partial charge in [0.25, 0.3) is 8.32 Å². The molecule has 0 N–H and O–H groups in total. The van der Waals surface area contributed by atoms with Crippen molar-refractivity contribution in [3.8, 4) is 6.07 Å². The molecule has 1 atom stereocenters. The lowest BCUT2D eigenvalue weighted by Gasteiger charge is -2.43. The third-order valence-electron chi connectivity index (χ3n) is 9.58. The molecule has 0 aliphatic carbocycles. The van der Waals surface area contributed by atoms with Crippen molar-refractivity contribution in [3.05, 3.63) is 108 Å². The molecule has 0 bridgehead atoms. The maximum atomic E-state index is 14.2. The first-order chi connectivity index (χ1) is 24.8. The summed E-state index contributed by atoms with van der Waals surface area (Å²) in [6, 6.07) is 27.5. The minimum absolute atomic E-state index is 0.165. The van der Waals surface area contributed by atoms with Crippen molar-refractivity contribution in [1.29, 1.82) is 5.26 Å². The fraction of sp³-hybridized carbons (Fsp3) is 0.533. The number of halogens is 1. The number of benzene rings is 3. The zero-order valence-electron chi connectivity index (χ0n) is 32.0. The van der Waals surface area contributed by atoms with Gasteiger partial charge in [0.2, 0.25) is 0 Å². The molecule has 0 aromatic heterocycles. The topological polar surface area (TPSA) is 51.5 Å². The molecule has 0 unspecified atom stereocenters. The van der Waals surface area contributed by atoms with E-state index < -0.39 is 14.1 Å². The van der Waals surface area contributed by atoms with Gasteiger partial charge in [-0.15, -0.1) is 0 Å². The summed E-state index contributed by atoms with van der Waals surface area (Å²) in [6.45, 7) is 10.6. The Labute approximate surface area is 310 Å². The summed E-state index contributed by atoms with van der Waals surface area (Å²) >= 11 is 0. The van der Waals surface area contributed by atoms with Crippen LogP contribution in [0.15, 0.2) is 91.0 Å². The molecule has 51 heavy (non-hydrogen) atoms. The minimum Gasteiger partial charge on any atom is -0.405 e. The van der Waals surface area contributed by atoms with Crippen molar-refractivity contribution < 1.29 is 18.3 Å². The zero-order chi connectivity index (χ0) is 36.6. The van der Waals surface area contributed by atoms with Gasteiger partial charge in [0.15, 0.2) is 0 Å². The largest absolute Gasteiger partial charge is 0.405 e. The molecule has 0 saturated carbocycles. The number of rotatable bonds is 26. The van der Waals surface area contributed by atoms with Crippen LogP contribution in [0, 0.1) is 17.1 Å². The highest BCUT2D eigenvalue weighted by Gasteiger charge is 2.50. The molecule has 278 valence electrons. The molecule has 3 aromatic carbocycles. The molecule has 0 radical (unpaired) electrons. The van der Waals surface area contributed by atoms with E-state index in [1.54, 1.807) is 6.07 Å². The van der Waals surface area contributed by atoms with Crippen LogP contribution in [0.2, 0.25) is 5.04 Å². The van der Waals surface area contributed by atoms with Gasteiger partial charge in [0.1, 0.15) is 11.9 Å². The number of unbranched alkanes of at least 4 members (excludes halogenated alkanes) is 12. The maximum absolute atomic E-state index is 14.2. The summed E-state index contributed by atoms with van der Waals surface area (Å²) in [5.41, 5.74) is 0.903. The molecule has 6 heteroatoms. The molecule has 0 spiro atoms. The standard InChI is InChI=1S/C45H64FNO3Si/c1-5-6-7-8-9-10-11-12-13-14-15-16-17-18-19-26-31-48-37-42(49-36-40-32-39(35-47)33-41(46)34-40)38-50-51(45(2,3)4,43-27-22-20-23-28-43)44-29-24-21-25-30-44/h12-13,20-25,27-30,32-34,42H,5-11,14-19,26,31,36-38H2,1-4H3/b13-12-/t42-/m1/s1. The van der Waals surface area contributed by atoms with Crippen molar-refractivity contribution in [2.75, 3.05) is 19.8 Å². The van der Waals surface area contributed by atoms with Crippen LogP contribution in [0.5, 0.6) is 0 Å². The Bertz CT molecular complexity index is 1380. The van der Waals surface area contributed by atoms with Crippen LogP contribution in [0.3, 0.4) is 0 Å². The molecule has 3 rings (SSSR count). The molecule has 0 aliphatic heterocycles. The van der Waals surface area contributed by atoms with Crippen LogP contribution in [-0.4, -0.2) is 34.2 Å². The van der Waals surface area contributed by atoms with E-state index in [-0.39, 0.29) is 23.3 Å². The third kappa shape index (κ3) is 15.2. The Morgan fingerprint density at radius 3 is 1.82 bits per heavy atom. The van der Waals surface area contributed by atoms with Gasteiger partial charge in [-0.25, -0.2) is 4.39 Å². The molecule has 0 fully saturated rings. The summed E-state index contributed by atoms with van der Waals surface area (Å²) in [7, 11) is -2.78. The lowest BCUT2D eigenvalue weighted by molar-refractivity contribution is -0.0471. The van der Waals surface area contributed by atoms with Gasteiger partial charge in [0.05, 0.1) is 31.5 Å². The van der Waals surface area contributed by atoms with E-state index in [4.69, 9.17) is 13.9 Å². The zero-order valence-corrected chi connectivity index (χ0v) is 33.0. The van der Waals surface area contributed by atoms with Gasteiger partial charge in [-0.3, -0.25) is 0 Å². The SMILES string of the molecule is CCCCCCCC/C=C\CCCCCCCCOC[C@H](CO[Si](c1ccccc1)(c1ccccc1)C(C)(C)C)OCc1cc(F)cc(C#N)c1. The van der Waals surface area contributed by atoms with Gasteiger partial charge in [-0.05, 0) is 71.3 Å². The highest BCUT2D eigenvalue weighted by atomic mass is 28.4. The average Bonchev–Trinajstić information content (AvgIpc) is 3.13. The van der Waals surface area contributed by atoms with Crippen LogP contribution in [-0.2, 0) is 20.5 Å². The van der Waals surface area contributed by atoms with Crippen LogP contribution in [0.1, 0.15) is 129 Å². The van der Waals surface area contributed by atoms with Crippen molar-refractivity contribution in [3.63, 3.8) is 0 Å². The summed E-state index contributed by atoms with van der Waals surface area (Å²) in [4.78, 5) is 0. The normalized spacial score (nSPS) is 12.7. The van der Waals surface area contributed by atoms with Crippen LogP contribution >= 0.6 is 0 Å². The van der Waals surface area contributed by atoms with Crippen LogP contribution in [0.25, 0.3) is 0 Å². The monoisotopic (exact) mass is 713 g/mol.